The minimum Gasteiger partial charge on any atom is -0.396 e. The molecular weight excluding hydrogens is 312 g/mol. The van der Waals surface area contributed by atoms with Crippen LogP contribution in [0.3, 0.4) is 0 Å². The molecule has 0 bridgehead atoms. The Morgan fingerprint density at radius 1 is 1.12 bits per heavy atom. The van der Waals surface area contributed by atoms with Crippen molar-refractivity contribution in [1.82, 2.24) is 0 Å². The summed E-state index contributed by atoms with van der Waals surface area (Å²) in [5, 5.41) is 20.9. The first kappa shape index (κ1) is 18.0. The van der Waals surface area contributed by atoms with Gasteiger partial charge in [0.05, 0.1) is 6.10 Å². The molecule has 25 heavy (non-hydrogen) atoms. The lowest BCUT2D eigenvalue weighted by atomic mass is 9.44. The minimum atomic E-state index is -0.234. The van der Waals surface area contributed by atoms with E-state index in [9.17, 15) is 15.0 Å². The van der Waals surface area contributed by atoms with Gasteiger partial charge in [-0.1, -0.05) is 20.8 Å². The molecule has 3 nitrogen and oxygen atoms in total. The van der Waals surface area contributed by atoms with Gasteiger partial charge in [0.25, 0.3) is 0 Å². The van der Waals surface area contributed by atoms with Crippen molar-refractivity contribution >= 4 is 5.78 Å². The predicted molar refractivity (Wildman–Crippen MR) is 97.9 cm³/mol. The van der Waals surface area contributed by atoms with Crippen LogP contribution in [0, 0.1) is 46.3 Å². The van der Waals surface area contributed by atoms with Crippen molar-refractivity contribution in [2.24, 2.45) is 46.3 Å². The minimum absolute atomic E-state index is 0.234. The molecule has 4 rings (SSSR count). The van der Waals surface area contributed by atoms with E-state index in [1.54, 1.807) is 0 Å². The largest absolute Gasteiger partial charge is 0.396 e. The fourth-order valence-corrected chi connectivity index (χ4v) is 8.12. The van der Waals surface area contributed by atoms with Crippen molar-refractivity contribution in [2.45, 2.75) is 78.2 Å². The van der Waals surface area contributed by atoms with Gasteiger partial charge < -0.3 is 10.2 Å². The molecule has 0 spiro atoms. The predicted octanol–water partition coefficient (Wildman–Crippen LogP) is 3.81. The zero-order valence-electron chi connectivity index (χ0n) is 16.2. The summed E-state index contributed by atoms with van der Waals surface area (Å²) in [4.78, 5) is 12.0. The lowest BCUT2D eigenvalue weighted by Gasteiger charge is -2.61. The Labute approximate surface area is 152 Å². The molecule has 7 unspecified atom stereocenters. The molecule has 2 N–H and O–H groups in total. The van der Waals surface area contributed by atoms with Crippen molar-refractivity contribution in [2.75, 3.05) is 6.61 Å². The van der Waals surface area contributed by atoms with E-state index in [1.165, 1.54) is 25.7 Å². The number of aliphatic hydroxyl groups excluding tert-OH is 2. The highest BCUT2D eigenvalue weighted by Crippen LogP contribution is 2.67. The van der Waals surface area contributed by atoms with Gasteiger partial charge in [-0.2, -0.15) is 0 Å². The molecule has 142 valence electrons. The van der Waals surface area contributed by atoms with Gasteiger partial charge in [0, 0.05) is 19.4 Å². The summed E-state index contributed by atoms with van der Waals surface area (Å²) < 4.78 is 0. The molecule has 0 saturated heterocycles. The summed E-state index contributed by atoms with van der Waals surface area (Å²) in [5.41, 5.74) is 0.526. The van der Waals surface area contributed by atoms with Crippen molar-refractivity contribution < 1.29 is 15.0 Å². The fraction of sp³-hybridized carbons (Fsp3) is 0.955. The smallest absolute Gasteiger partial charge is 0.133 e. The zero-order chi connectivity index (χ0) is 18.0. The van der Waals surface area contributed by atoms with Crippen molar-refractivity contribution in [3.05, 3.63) is 0 Å². The van der Waals surface area contributed by atoms with Crippen molar-refractivity contribution in [3.8, 4) is 0 Å². The Balaban J connectivity index is 1.64. The Kier molecular flexibility index (Phi) is 4.35. The van der Waals surface area contributed by atoms with E-state index in [2.05, 4.69) is 20.8 Å². The standard InChI is InChI=1S/C22H36O3/c1-13(12-23)16-4-5-17-20-18(7-9-22(16,17)3)21(2)8-6-15(24)10-14(21)11-19(20)25/h13-14,16-20,23,25H,4-12H2,1-3H3/t13?,14?,16?,17?,18?,19?,20?,21-,22+/m0/s1. The second kappa shape index (κ2) is 6.05. The first-order valence-electron chi connectivity index (χ1n) is 10.6. The Bertz CT molecular complexity index is 545. The van der Waals surface area contributed by atoms with Crippen LogP contribution in [0.15, 0.2) is 0 Å². The highest BCUT2D eigenvalue weighted by atomic mass is 16.3. The van der Waals surface area contributed by atoms with E-state index >= 15 is 0 Å². The zero-order valence-corrected chi connectivity index (χ0v) is 16.2. The first-order chi connectivity index (χ1) is 11.8. The number of hydrogen-bond donors (Lipinski definition) is 2. The molecule has 0 radical (unpaired) electrons. The van der Waals surface area contributed by atoms with Gasteiger partial charge in [-0.05, 0) is 84.9 Å². The van der Waals surface area contributed by atoms with Crippen LogP contribution >= 0.6 is 0 Å². The number of fused-ring (bicyclic) bond motifs is 5. The van der Waals surface area contributed by atoms with Gasteiger partial charge >= 0.3 is 0 Å². The molecule has 4 aliphatic rings. The third kappa shape index (κ3) is 2.48. The van der Waals surface area contributed by atoms with E-state index < -0.39 is 0 Å². The summed E-state index contributed by atoms with van der Waals surface area (Å²) in [6, 6.07) is 0. The van der Waals surface area contributed by atoms with Gasteiger partial charge in [0.15, 0.2) is 0 Å². The number of hydrogen-bond acceptors (Lipinski definition) is 3. The molecule has 4 aliphatic carbocycles. The second-order valence-electron chi connectivity index (χ2n) is 10.4. The average Bonchev–Trinajstić information content (AvgIpc) is 2.93. The molecular formula is C22H36O3. The number of Topliss-reactive ketones (excluding diaryl/α,β-unsaturated/α-hetero) is 1. The van der Waals surface area contributed by atoms with Gasteiger partial charge in [-0.3, -0.25) is 4.79 Å². The summed E-state index contributed by atoms with van der Waals surface area (Å²) in [5.74, 6) is 3.33. The highest BCUT2D eigenvalue weighted by Gasteiger charge is 2.62. The highest BCUT2D eigenvalue weighted by molar-refractivity contribution is 5.79. The third-order valence-corrected chi connectivity index (χ3v) is 9.55. The molecule has 0 aromatic carbocycles. The summed E-state index contributed by atoms with van der Waals surface area (Å²) in [6.45, 7) is 7.36. The van der Waals surface area contributed by atoms with Gasteiger partial charge in [0.1, 0.15) is 5.78 Å². The molecule has 4 saturated carbocycles. The van der Waals surface area contributed by atoms with Crippen LogP contribution < -0.4 is 0 Å². The maximum Gasteiger partial charge on any atom is 0.133 e. The third-order valence-electron chi connectivity index (χ3n) is 9.55. The quantitative estimate of drug-likeness (QED) is 0.798. The molecule has 9 atom stereocenters. The first-order valence-corrected chi connectivity index (χ1v) is 10.6. The molecule has 0 aromatic rings. The van der Waals surface area contributed by atoms with Gasteiger partial charge in [-0.25, -0.2) is 0 Å². The van der Waals surface area contributed by atoms with Crippen molar-refractivity contribution in [3.63, 3.8) is 0 Å². The van der Waals surface area contributed by atoms with Crippen LogP contribution in [0.1, 0.15) is 72.1 Å². The van der Waals surface area contributed by atoms with Crippen LogP contribution in [0.5, 0.6) is 0 Å². The normalized spacial score (nSPS) is 53.7. The average molecular weight is 349 g/mol. The summed E-state index contributed by atoms with van der Waals surface area (Å²) in [7, 11) is 0. The van der Waals surface area contributed by atoms with Gasteiger partial charge in [0.2, 0.25) is 0 Å². The molecule has 0 aromatic heterocycles. The Morgan fingerprint density at radius 2 is 1.84 bits per heavy atom. The fourth-order valence-electron chi connectivity index (χ4n) is 8.12. The Hall–Kier alpha value is -0.410. The monoisotopic (exact) mass is 348 g/mol. The second-order valence-corrected chi connectivity index (χ2v) is 10.4. The topological polar surface area (TPSA) is 57.5 Å². The van der Waals surface area contributed by atoms with Crippen LogP contribution in [-0.2, 0) is 4.79 Å². The molecule has 3 heteroatoms. The van der Waals surface area contributed by atoms with Gasteiger partial charge in [-0.15, -0.1) is 0 Å². The molecule has 0 amide bonds. The molecule has 0 aliphatic heterocycles. The number of ketones is 1. The van der Waals surface area contributed by atoms with E-state index in [0.29, 0.717) is 47.7 Å². The van der Waals surface area contributed by atoms with E-state index in [1.807, 2.05) is 0 Å². The van der Waals surface area contributed by atoms with Crippen LogP contribution in [0.4, 0.5) is 0 Å². The molecule has 0 heterocycles. The number of carbonyl (C=O) groups is 1. The lowest BCUT2D eigenvalue weighted by molar-refractivity contribution is -0.169. The van der Waals surface area contributed by atoms with E-state index in [4.69, 9.17) is 0 Å². The summed E-state index contributed by atoms with van der Waals surface area (Å²) in [6.07, 6.45) is 7.92. The SMILES string of the molecule is CC(CO)C1CCC2C3C(O)CC4CC(=O)CC[C@]4(C)C3CC[C@]12C. The van der Waals surface area contributed by atoms with E-state index in [-0.39, 0.29) is 23.5 Å². The Morgan fingerprint density at radius 3 is 2.56 bits per heavy atom. The number of carbonyl (C=O) groups excluding carboxylic acids is 1. The maximum atomic E-state index is 12.0. The lowest BCUT2D eigenvalue weighted by Crippen LogP contribution is -2.58. The van der Waals surface area contributed by atoms with Crippen LogP contribution in [0.25, 0.3) is 0 Å². The van der Waals surface area contributed by atoms with Crippen LogP contribution in [-0.4, -0.2) is 28.7 Å². The number of aliphatic hydroxyl groups is 2. The van der Waals surface area contributed by atoms with Crippen molar-refractivity contribution in [1.29, 1.82) is 0 Å². The number of rotatable bonds is 2. The summed E-state index contributed by atoms with van der Waals surface area (Å²) >= 11 is 0. The van der Waals surface area contributed by atoms with E-state index in [0.717, 1.165) is 19.3 Å². The molecule has 4 fully saturated rings. The maximum absolute atomic E-state index is 12.0. The van der Waals surface area contributed by atoms with Crippen LogP contribution in [0.2, 0.25) is 0 Å².